The van der Waals surface area contributed by atoms with Crippen molar-refractivity contribution in [2.75, 3.05) is 0 Å². The highest BCUT2D eigenvalue weighted by atomic mass is 16.2. The second-order valence-electron chi connectivity index (χ2n) is 4.05. The van der Waals surface area contributed by atoms with Crippen LogP contribution in [-0.2, 0) is 0 Å². The molecule has 0 heterocycles. The molecule has 96 valence electrons. The van der Waals surface area contributed by atoms with Crippen molar-refractivity contribution in [1.82, 2.24) is 5.43 Å². The van der Waals surface area contributed by atoms with Crippen molar-refractivity contribution >= 4 is 12.2 Å². The van der Waals surface area contributed by atoms with Gasteiger partial charge in [-0.3, -0.25) is 0 Å². The zero-order valence-electron chi connectivity index (χ0n) is 10.4. The number of amides is 2. The second-order valence-corrected chi connectivity index (χ2v) is 4.05. The third kappa shape index (κ3) is 3.67. The molecule has 4 nitrogen and oxygen atoms in total. The van der Waals surface area contributed by atoms with Crippen molar-refractivity contribution in [3.63, 3.8) is 0 Å². The van der Waals surface area contributed by atoms with Crippen molar-refractivity contribution < 1.29 is 4.79 Å². The number of nitrogens with one attached hydrogen (secondary N) is 1. The van der Waals surface area contributed by atoms with Crippen LogP contribution in [0.1, 0.15) is 17.0 Å². The molecule has 0 aliphatic carbocycles. The Morgan fingerprint density at radius 1 is 1.00 bits per heavy atom. The molecule has 0 fully saturated rings. The van der Waals surface area contributed by atoms with E-state index in [1.165, 1.54) is 0 Å². The van der Waals surface area contributed by atoms with Gasteiger partial charge in [-0.15, -0.1) is 0 Å². The number of nitrogens with two attached hydrogens (primary N) is 1. The molecule has 19 heavy (non-hydrogen) atoms. The van der Waals surface area contributed by atoms with Gasteiger partial charge in [0.1, 0.15) is 0 Å². The molecule has 4 heteroatoms. The van der Waals surface area contributed by atoms with Crippen LogP contribution in [-0.4, -0.2) is 12.2 Å². The molecule has 0 aromatic heterocycles. The van der Waals surface area contributed by atoms with E-state index in [1.54, 1.807) is 6.21 Å². The molecule has 2 amide bonds. The third-order valence-electron chi connectivity index (χ3n) is 2.72. The lowest BCUT2D eigenvalue weighted by molar-refractivity contribution is 0.249. The van der Waals surface area contributed by atoms with Gasteiger partial charge in [-0.25, -0.2) is 10.2 Å². The Hall–Kier alpha value is -2.62. The van der Waals surface area contributed by atoms with Gasteiger partial charge in [0, 0.05) is 12.1 Å². The van der Waals surface area contributed by atoms with E-state index >= 15 is 0 Å². The van der Waals surface area contributed by atoms with Gasteiger partial charge in [-0.2, -0.15) is 5.10 Å². The van der Waals surface area contributed by atoms with Gasteiger partial charge in [0.15, 0.2) is 0 Å². The maximum Gasteiger partial charge on any atom is 0.332 e. The van der Waals surface area contributed by atoms with Crippen LogP contribution in [0, 0.1) is 0 Å². The van der Waals surface area contributed by atoms with Crippen LogP contribution >= 0.6 is 0 Å². The third-order valence-corrected chi connectivity index (χ3v) is 2.72. The minimum Gasteiger partial charge on any atom is -0.350 e. The second kappa shape index (κ2) is 6.35. The monoisotopic (exact) mass is 253 g/mol. The lowest BCUT2D eigenvalue weighted by Crippen LogP contribution is -2.24. The smallest absolute Gasteiger partial charge is 0.332 e. The number of carbonyl (C=O) groups is 1. The first kappa shape index (κ1) is 12.8. The van der Waals surface area contributed by atoms with E-state index in [0.717, 1.165) is 11.1 Å². The lowest BCUT2D eigenvalue weighted by atomic mass is 9.92. The Morgan fingerprint density at radius 3 is 1.89 bits per heavy atom. The van der Waals surface area contributed by atoms with Crippen molar-refractivity contribution in [2.45, 2.75) is 5.92 Å². The zero-order valence-corrected chi connectivity index (χ0v) is 10.4. The Labute approximate surface area is 112 Å². The predicted molar refractivity (Wildman–Crippen MR) is 75.9 cm³/mol. The summed E-state index contributed by atoms with van der Waals surface area (Å²) in [5.74, 6) is -0.0192. The van der Waals surface area contributed by atoms with Crippen LogP contribution in [0.5, 0.6) is 0 Å². The molecule has 0 aliphatic heterocycles. The number of urea groups is 1. The van der Waals surface area contributed by atoms with Crippen LogP contribution in [0.15, 0.2) is 65.8 Å². The summed E-state index contributed by atoms with van der Waals surface area (Å²) in [5, 5.41) is 3.87. The summed E-state index contributed by atoms with van der Waals surface area (Å²) in [6.45, 7) is 0. The number of nitrogens with zero attached hydrogens (tertiary/aromatic N) is 1. The van der Waals surface area contributed by atoms with Gasteiger partial charge in [0.25, 0.3) is 0 Å². The Balaban J connectivity index is 2.29. The summed E-state index contributed by atoms with van der Waals surface area (Å²) >= 11 is 0. The fraction of sp³-hybridized carbons (Fsp3) is 0.0667. The average Bonchev–Trinajstić information content (AvgIpc) is 2.45. The minimum atomic E-state index is -0.670. The summed E-state index contributed by atoms with van der Waals surface area (Å²) < 4.78 is 0. The predicted octanol–water partition coefficient (Wildman–Crippen LogP) is 2.47. The fourth-order valence-electron chi connectivity index (χ4n) is 1.86. The van der Waals surface area contributed by atoms with E-state index in [9.17, 15) is 4.79 Å². The molecular formula is C15H15N3O. The number of primary amides is 1. The summed E-state index contributed by atoms with van der Waals surface area (Å²) in [6.07, 6.45) is 1.68. The molecule has 0 aliphatic rings. The average molecular weight is 253 g/mol. The van der Waals surface area contributed by atoms with Crippen LogP contribution < -0.4 is 11.2 Å². The normalized spacial score (nSPS) is 10.8. The van der Waals surface area contributed by atoms with E-state index < -0.39 is 6.03 Å². The molecule has 0 bridgehead atoms. The maximum atomic E-state index is 10.7. The number of benzene rings is 2. The highest BCUT2D eigenvalue weighted by Crippen LogP contribution is 2.22. The van der Waals surface area contributed by atoms with Crippen molar-refractivity contribution in [3.8, 4) is 0 Å². The molecule has 2 aromatic carbocycles. The van der Waals surface area contributed by atoms with Crippen LogP contribution in [0.25, 0.3) is 0 Å². The molecule has 2 rings (SSSR count). The maximum absolute atomic E-state index is 10.7. The number of hydrogen-bond donors (Lipinski definition) is 2. The Bertz CT molecular complexity index is 513. The number of carbonyl (C=O) groups excluding carboxylic acids is 1. The standard InChI is InChI=1S/C15H15N3O/c16-15(19)18-17-11-14(12-7-3-1-4-8-12)13-9-5-2-6-10-13/h1-11,14H,(H3,16,18,19). The molecule has 3 N–H and O–H groups in total. The van der Waals surface area contributed by atoms with Crippen molar-refractivity contribution in [3.05, 3.63) is 71.8 Å². The van der Waals surface area contributed by atoms with Gasteiger partial charge in [-0.1, -0.05) is 60.7 Å². The van der Waals surface area contributed by atoms with Crippen molar-refractivity contribution in [2.24, 2.45) is 10.8 Å². The Morgan fingerprint density at radius 2 is 1.47 bits per heavy atom. The van der Waals surface area contributed by atoms with Gasteiger partial charge in [0.05, 0.1) is 0 Å². The lowest BCUT2D eigenvalue weighted by Gasteiger charge is -2.12. The molecule has 0 saturated heterocycles. The summed E-state index contributed by atoms with van der Waals surface area (Å²) in [6, 6.07) is 19.2. The number of hydrazone groups is 1. The van der Waals surface area contributed by atoms with E-state index in [2.05, 4.69) is 10.5 Å². The molecule has 0 radical (unpaired) electrons. The summed E-state index contributed by atoms with van der Waals surface area (Å²) in [5.41, 5.74) is 9.42. The fourth-order valence-corrected chi connectivity index (χ4v) is 1.86. The summed E-state index contributed by atoms with van der Waals surface area (Å²) in [4.78, 5) is 10.7. The molecular weight excluding hydrogens is 238 g/mol. The molecule has 0 spiro atoms. The first-order valence-corrected chi connectivity index (χ1v) is 5.96. The Kier molecular flexibility index (Phi) is 4.29. The van der Waals surface area contributed by atoms with E-state index in [4.69, 9.17) is 5.73 Å². The van der Waals surface area contributed by atoms with Gasteiger partial charge in [0.2, 0.25) is 0 Å². The van der Waals surface area contributed by atoms with Crippen LogP contribution in [0.2, 0.25) is 0 Å². The van der Waals surface area contributed by atoms with E-state index in [1.807, 2.05) is 60.7 Å². The van der Waals surface area contributed by atoms with Gasteiger partial charge < -0.3 is 5.73 Å². The highest BCUT2D eigenvalue weighted by Gasteiger charge is 2.10. The van der Waals surface area contributed by atoms with Crippen LogP contribution in [0.4, 0.5) is 4.79 Å². The zero-order chi connectivity index (χ0) is 13.5. The first-order valence-electron chi connectivity index (χ1n) is 5.96. The van der Waals surface area contributed by atoms with E-state index in [-0.39, 0.29) is 5.92 Å². The largest absolute Gasteiger partial charge is 0.350 e. The summed E-state index contributed by atoms with van der Waals surface area (Å²) in [7, 11) is 0. The van der Waals surface area contributed by atoms with E-state index in [0.29, 0.717) is 0 Å². The van der Waals surface area contributed by atoms with Crippen LogP contribution in [0.3, 0.4) is 0 Å². The highest BCUT2D eigenvalue weighted by molar-refractivity contribution is 5.76. The number of rotatable bonds is 4. The molecule has 2 aromatic rings. The van der Waals surface area contributed by atoms with Crippen molar-refractivity contribution in [1.29, 1.82) is 0 Å². The quantitative estimate of drug-likeness (QED) is 0.638. The minimum absolute atomic E-state index is 0.0192. The SMILES string of the molecule is NC(=O)NN=CC(c1ccccc1)c1ccccc1. The number of hydrogen-bond acceptors (Lipinski definition) is 2. The molecule has 0 unspecified atom stereocenters. The van der Waals surface area contributed by atoms with Gasteiger partial charge >= 0.3 is 6.03 Å². The topological polar surface area (TPSA) is 67.5 Å². The van der Waals surface area contributed by atoms with Gasteiger partial charge in [-0.05, 0) is 11.1 Å². The first-order chi connectivity index (χ1) is 9.27. The molecule has 0 saturated carbocycles. The molecule has 0 atom stereocenters.